The van der Waals surface area contributed by atoms with Gasteiger partial charge < -0.3 is 10.5 Å². The second-order valence-electron chi connectivity index (χ2n) is 4.03. The van der Waals surface area contributed by atoms with Gasteiger partial charge in [0.05, 0.1) is 12.2 Å². The van der Waals surface area contributed by atoms with Gasteiger partial charge in [-0.15, -0.1) is 0 Å². The zero-order valence-corrected chi connectivity index (χ0v) is 8.25. The molecule has 2 N–H and O–H groups in total. The molecule has 1 saturated carbocycles. The molecule has 0 aliphatic heterocycles. The quantitative estimate of drug-likeness (QED) is 0.645. The normalized spacial score (nSPS) is 32.0. The fourth-order valence-corrected chi connectivity index (χ4v) is 1.82. The molecule has 0 saturated heterocycles. The van der Waals surface area contributed by atoms with Gasteiger partial charge in [-0.1, -0.05) is 19.3 Å². The van der Waals surface area contributed by atoms with E-state index in [1.54, 1.807) is 0 Å². The number of ether oxygens (including phenoxy) is 1. The van der Waals surface area contributed by atoms with Crippen molar-refractivity contribution in [2.45, 2.75) is 64.2 Å². The van der Waals surface area contributed by atoms with Gasteiger partial charge in [0.15, 0.2) is 0 Å². The van der Waals surface area contributed by atoms with E-state index >= 15 is 0 Å². The second kappa shape index (κ2) is 4.83. The molecule has 2 atom stereocenters. The highest BCUT2D eigenvalue weighted by molar-refractivity contribution is 4.77. The Bertz CT molecular complexity index is 125. The lowest BCUT2D eigenvalue weighted by Gasteiger charge is -2.23. The van der Waals surface area contributed by atoms with Crippen LogP contribution in [-0.2, 0) is 4.74 Å². The topological polar surface area (TPSA) is 35.2 Å². The molecule has 2 heteroatoms. The molecular formula is C10H21NO. The van der Waals surface area contributed by atoms with Crippen LogP contribution in [0.2, 0.25) is 0 Å². The molecule has 0 aromatic carbocycles. The Balaban J connectivity index is 2.36. The number of hydrogen-bond donors (Lipinski definition) is 1. The molecule has 1 fully saturated rings. The molecule has 0 bridgehead atoms. The minimum atomic E-state index is 0.273. The SMILES string of the molecule is CC(C)OC1CCCCCC1N. The van der Waals surface area contributed by atoms with E-state index in [1.807, 2.05) is 0 Å². The summed E-state index contributed by atoms with van der Waals surface area (Å²) in [5, 5.41) is 0. The molecule has 0 heterocycles. The van der Waals surface area contributed by atoms with Gasteiger partial charge in [0.2, 0.25) is 0 Å². The van der Waals surface area contributed by atoms with E-state index in [4.69, 9.17) is 10.5 Å². The first kappa shape index (κ1) is 10.0. The van der Waals surface area contributed by atoms with Gasteiger partial charge in [-0.05, 0) is 26.7 Å². The van der Waals surface area contributed by atoms with Gasteiger partial charge in [0.25, 0.3) is 0 Å². The molecule has 0 aromatic heterocycles. The van der Waals surface area contributed by atoms with Crippen molar-refractivity contribution >= 4 is 0 Å². The molecule has 1 rings (SSSR count). The van der Waals surface area contributed by atoms with E-state index in [-0.39, 0.29) is 6.04 Å². The molecule has 1 aliphatic carbocycles. The van der Waals surface area contributed by atoms with E-state index < -0.39 is 0 Å². The van der Waals surface area contributed by atoms with Crippen molar-refractivity contribution in [3.63, 3.8) is 0 Å². The van der Waals surface area contributed by atoms with Crippen molar-refractivity contribution in [2.24, 2.45) is 5.73 Å². The maximum Gasteiger partial charge on any atom is 0.0729 e. The third kappa shape index (κ3) is 3.11. The maximum atomic E-state index is 6.00. The Morgan fingerprint density at radius 1 is 1.17 bits per heavy atom. The van der Waals surface area contributed by atoms with Crippen LogP contribution in [0.4, 0.5) is 0 Å². The molecular weight excluding hydrogens is 150 g/mol. The Kier molecular flexibility index (Phi) is 4.02. The number of nitrogens with two attached hydrogens (primary N) is 1. The molecule has 72 valence electrons. The van der Waals surface area contributed by atoms with Crippen molar-refractivity contribution < 1.29 is 4.74 Å². The first-order valence-electron chi connectivity index (χ1n) is 5.11. The van der Waals surface area contributed by atoms with E-state index in [1.165, 1.54) is 19.3 Å². The van der Waals surface area contributed by atoms with E-state index in [0.717, 1.165) is 12.8 Å². The highest BCUT2D eigenvalue weighted by atomic mass is 16.5. The third-order valence-corrected chi connectivity index (χ3v) is 2.45. The number of rotatable bonds is 2. The standard InChI is InChI=1S/C10H21NO/c1-8(2)12-10-7-5-3-4-6-9(10)11/h8-10H,3-7,11H2,1-2H3. The van der Waals surface area contributed by atoms with Gasteiger partial charge in [-0.25, -0.2) is 0 Å². The average molecular weight is 171 g/mol. The predicted octanol–water partition coefficient (Wildman–Crippen LogP) is 2.07. The monoisotopic (exact) mass is 171 g/mol. The molecule has 12 heavy (non-hydrogen) atoms. The van der Waals surface area contributed by atoms with E-state index in [0.29, 0.717) is 12.2 Å². The van der Waals surface area contributed by atoms with Crippen LogP contribution in [0.15, 0.2) is 0 Å². The van der Waals surface area contributed by atoms with Crippen LogP contribution in [-0.4, -0.2) is 18.2 Å². The molecule has 0 amide bonds. The predicted molar refractivity (Wildman–Crippen MR) is 51.1 cm³/mol. The minimum Gasteiger partial charge on any atom is -0.374 e. The van der Waals surface area contributed by atoms with Crippen LogP contribution < -0.4 is 5.73 Å². The van der Waals surface area contributed by atoms with E-state index in [2.05, 4.69) is 13.8 Å². The van der Waals surface area contributed by atoms with E-state index in [9.17, 15) is 0 Å². The van der Waals surface area contributed by atoms with Gasteiger partial charge in [0, 0.05) is 6.04 Å². The summed E-state index contributed by atoms with van der Waals surface area (Å²) in [6.07, 6.45) is 6.80. The zero-order valence-electron chi connectivity index (χ0n) is 8.25. The molecule has 2 nitrogen and oxygen atoms in total. The highest BCUT2D eigenvalue weighted by Crippen LogP contribution is 2.20. The Labute approximate surface area is 75.5 Å². The molecule has 1 aliphatic rings. The molecule has 0 aromatic rings. The van der Waals surface area contributed by atoms with Crippen LogP contribution in [0.3, 0.4) is 0 Å². The van der Waals surface area contributed by atoms with Crippen molar-refractivity contribution in [2.75, 3.05) is 0 Å². The zero-order chi connectivity index (χ0) is 8.97. The molecule has 2 unspecified atom stereocenters. The van der Waals surface area contributed by atoms with Crippen LogP contribution in [0, 0.1) is 0 Å². The highest BCUT2D eigenvalue weighted by Gasteiger charge is 2.21. The first-order chi connectivity index (χ1) is 5.70. The van der Waals surface area contributed by atoms with Crippen molar-refractivity contribution in [1.82, 2.24) is 0 Å². The van der Waals surface area contributed by atoms with Crippen LogP contribution >= 0.6 is 0 Å². The lowest BCUT2D eigenvalue weighted by atomic mass is 10.1. The number of hydrogen-bond acceptors (Lipinski definition) is 2. The average Bonchev–Trinajstić information content (AvgIpc) is 2.16. The van der Waals surface area contributed by atoms with Crippen LogP contribution in [0.5, 0.6) is 0 Å². The van der Waals surface area contributed by atoms with Crippen LogP contribution in [0.1, 0.15) is 46.0 Å². The van der Waals surface area contributed by atoms with Crippen molar-refractivity contribution in [1.29, 1.82) is 0 Å². The largest absolute Gasteiger partial charge is 0.374 e. The second-order valence-corrected chi connectivity index (χ2v) is 4.03. The summed E-state index contributed by atoms with van der Waals surface area (Å²) in [5.41, 5.74) is 6.00. The summed E-state index contributed by atoms with van der Waals surface area (Å²) in [5.74, 6) is 0. The van der Waals surface area contributed by atoms with Crippen LogP contribution in [0.25, 0.3) is 0 Å². The Morgan fingerprint density at radius 2 is 1.83 bits per heavy atom. The lowest BCUT2D eigenvalue weighted by Crippen LogP contribution is -2.37. The summed E-state index contributed by atoms with van der Waals surface area (Å²) in [6, 6.07) is 0.273. The van der Waals surface area contributed by atoms with Gasteiger partial charge >= 0.3 is 0 Å². The Hall–Kier alpha value is -0.0800. The summed E-state index contributed by atoms with van der Waals surface area (Å²) < 4.78 is 5.76. The summed E-state index contributed by atoms with van der Waals surface area (Å²) in [6.45, 7) is 4.16. The van der Waals surface area contributed by atoms with Gasteiger partial charge in [-0.3, -0.25) is 0 Å². The summed E-state index contributed by atoms with van der Waals surface area (Å²) in [7, 11) is 0. The third-order valence-electron chi connectivity index (χ3n) is 2.45. The van der Waals surface area contributed by atoms with Gasteiger partial charge in [0.1, 0.15) is 0 Å². The fraction of sp³-hybridized carbons (Fsp3) is 1.00. The first-order valence-corrected chi connectivity index (χ1v) is 5.11. The summed E-state index contributed by atoms with van der Waals surface area (Å²) >= 11 is 0. The Morgan fingerprint density at radius 3 is 2.50 bits per heavy atom. The fourth-order valence-electron chi connectivity index (χ4n) is 1.82. The van der Waals surface area contributed by atoms with Crippen molar-refractivity contribution in [3.05, 3.63) is 0 Å². The molecule has 0 spiro atoms. The lowest BCUT2D eigenvalue weighted by molar-refractivity contribution is -0.00985. The van der Waals surface area contributed by atoms with Crippen molar-refractivity contribution in [3.8, 4) is 0 Å². The summed E-state index contributed by atoms with van der Waals surface area (Å²) in [4.78, 5) is 0. The molecule has 0 radical (unpaired) electrons. The smallest absolute Gasteiger partial charge is 0.0729 e. The minimum absolute atomic E-state index is 0.273. The maximum absolute atomic E-state index is 6.00. The van der Waals surface area contributed by atoms with Gasteiger partial charge in [-0.2, -0.15) is 0 Å².